The van der Waals surface area contributed by atoms with Gasteiger partial charge in [-0.1, -0.05) is 23.6 Å². The Kier molecular flexibility index (Phi) is 4.57. The number of terminal acetylenes is 1. The molecule has 1 aromatic carbocycles. The molecule has 0 saturated carbocycles. The van der Waals surface area contributed by atoms with E-state index in [1.807, 2.05) is 11.6 Å². The molecule has 0 fully saturated rings. The zero-order valence-electron chi connectivity index (χ0n) is 11.0. The molecular formula is C13H16N2O3S. The first kappa shape index (κ1) is 15.1. The highest BCUT2D eigenvalue weighted by Gasteiger charge is 2.21. The Morgan fingerprint density at radius 3 is 2.37 bits per heavy atom. The van der Waals surface area contributed by atoms with Gasteiger partial charge in [0.1, 0.15) is 0 Å². The Bertz CT molecular complexity index is 600. The lowest BCUT2D eigenvalue weighted by atomic mass is 10.2. The lowest BCUT2D eigenvalue weighted by Gasteiger charge is -2.20. The van der Waals surface area contributed by atoms with Crippen LogP contribution in [-0.2, 0) is 10.0 Å². The average molecular weight is 280 g/mol. The maximum absolute atomic E-state index is 12.0. The Hall–Kier alpha value is -2.00. The van der Waals surface area contributed by atoms with E-state index in [4.69, 9.17) is 6.42 Å². The van der Waals surface area contributed by atoms with Crippen LogP contribution in [-0.4, -0.2) is 32.4 Å². The summed E-state index contributed by atoms with van der Waals surface area (Å²) in [4.78, 5) is 12.9. The SMILES string of the molecule is C#CC(C)N(C)C(=O)NS(=O)(=O)c1ccc(C)cc1. The van der Waals surface area contributed by atoms with Gasteiger partial charge in [0.15, 0.2) is 0 Å². The number of carbonyl (C=O) groups excluding carboxylic acids is 1. The summed E-state index contributed by atoms with van der Waals surface area (Å²) in [6, 6.07) is 4.95. The van der Waals surface area contributed by atoms with Crippen molar-refractivity contribution < 1.29 is 13.2 Å². The predicted octanol–water partition coefficient (Wildman–Crippen LogP) is 1.35. The smallest absolute Gasteiger partial charge is 0.313 e. The maximum atomic E-state index is 12.0. The fraction of sp³-hybridized carbons (Fsp3) is 0.308. The van der Waals surface area contributed by atoms with Crippen LogP contribution in [0.5, 0.6) is 0 Å². The fourth-order valence-electron chi connectivity index (χ4n) is 1.25. The van der Waals surface area contributed by atoms with Crippen LogP contribution in [0.3, 0.4) is 0 Å². The predicted molar refractivity (Wildman–Crippen MR) is 73.0 cm³/mol. The number of hydrogen-bond acceptors (Lipinski definition) is 3. The molecule has 102 valence electrons. The van der Waals surface area contributed by atoms with E-state index in [-0.39, 0.29) is 4.90 Å². The highest BCUT2D eigenvalue weighted by atomic mass is 32.2. The van der Waals surface area contributed by atoms with Crippen LogP contribution in [0.25, 0.3) is 0 Å². The molecule has 2 amide bonds. The van der Waals surface area contributed by atoms with Crippen molar-refractivity contribution >= 4 is 16.1 Å². The summed E-state index contributed by atoms with van der Waals surface area (Å²) in [6.45, 7) is 3.47. The van der Waals surface area contributed by atoms with Crippen molar-refractivity contribution in [3.05, 3.63) is 29.8 Å². The lowest BCUT2D eigenvalue weighted by Crippen LogP contribution is -2.44. The molecule has 0 heterocycles. The second-order valence-corrected chi connectivity index (χ2v) is 5.86. The van der Waals surface area contributed by atoms with Crippen LogP contribution in [0.1, 0.15) is 12.5 Å². The summed E-state index contributed by atoms with van der Waals surface area (Å²) in [6.07, 6.45) is 5.18. The van der Waals surface area contributed by atoms with Crippen LogP contribution >= 0.6 is 0 Å². The van der Waals surface area contributed by atoms with E-state index in [1.54, 1.807) is 19.1 Å². The number of nitrogens with zero attached hydrogens (tertiary/aromatic N) is 1. The minimum Gasteiger partial charge on any atom is -0.313 e. The molecule has 6 heteroatoms. The third kappa shape index (κ3) is 3.73. The number of rotatable bonds is 3. The molecule has 0 radical (unpaired) electrons. The first-order valence-corrected chi connectivity index (χ1v) is 7.08. The van der Waals surface area contributed by atoms with Gasteiger partial charge in [0, 0.05) is 7.05 Å². The van der Waals surface area contributed by atoms with E-state index in [0.717, 1.165) is 10.5 Å². The summed E-state index contributed by atoms with van der Waals surface area (Å²) in [5, 5.41) is 0. The fourth-order valence-corrected chi connectivity index (χ4v) is 2.24. The highest BCUT2D eigenvalue weighted by Crippen LogP contribution is 2.10. The number of hydrogen-bond donors (Lipinski definition) is 1. The summed E-state index contributed by atoms with van der Waals surface area (Å²) in [7, 11) is -2.44. The number of aryl methyl sites for hydroxylation is 1. The molecule has 1 rings (SSSR count). The molecule has 1 N–H and O–H groups in total. The van der Waals surface area contributed by atoms with Gasteiger partial charge in [0.25, 0.3) is 10.0 Å². The molecule has 19 heavy (non-hydrogen) atoms. The molecular weight excluding hydrogens is 264 g/mol. The third-order valence-corrected chi connectivity index (χ3v) is 4.03. The molecule has 0 aromatic heterocycles. The normalized spacial score (nSPS) is 12.3. The first-order valence-electron chi connectivity index (χ1n) is 5.60. The van der Waals surface area contributed by atoms with Crippen LogP contribution in [0.2, 0.25) is 0 Å². The van der Waals surface area contributed by atoms with Crippen molar-refractivity contribution in [1.29, 1.82) is 0 Å². The van der Waals surface area contributed by atoms with Crippen LogP contribution < -0.4 is 4.72 Å². The van der Waals surface area contributed by atoms with Crippen molar-refractivity contribution in [2.75, 3.05) is 7.05 Å². The average Bonchev–Trinajstić information content (AvgIpc) is 2.36. The molecule has 0 aliphatic rings. The maximum Gasteiger partial charge on any atom is 0.332 e. The number of urea groups is 1. The first-order chi connectivity index (χ1) is 8.77. The summed E-state index contributed by atoms with van der Waals surface area (Å²) < 4.78 is 25.9. The van der Waals surface area contributed by atoms with E-state index >= 15 is 0 Å². The van der Waals surface area contributed by atoms with E-state index in [2.05, 4.69) is 5.92 Å². The number of nitrogens with one attached hydrogen (secondary N) is 1. The van der Waals surface area contributed by atoms with Crippen molar-refractivity contribution in [2.24, 2.45) is 0 Å². The van der Waals surface area contributed by atoms with Gasteiger partial charge in [0.2, 0.25) is 0 Å². The minimum absolute atomic E-state index is 0.0354. The summed E-state index contributed by atoms with van der Waals surface area (Å²) in [5.41, 5.74) is 0.934. The van der Waals surface area contributed by atoms with E-state index in [9.17, 15) is 13.2 Å². The molecule has 5 nitrogen and oxygen atoms in total. The zero-order chi connectivity index (χ0) is 14.6. The van der Waals surface area contributed by atoms with Gasteiger partial charge in [-0.3, -0.25) is 0 Å². The third-order valence-electron chi connectivity index (χ3n) is 2.70. The number of benzene rings is 1. The Labute approximate surface area is 113 Å². The highest BCUT2D eigenvalue weighted by molar-refractivity contribution is 7.90. The molecule has 0 saturated heterocycles. The molecule has 1 aromatic rings. The summed E-state index contributed by atoms with van der Waals surface area (Å²) in [5.74, 6) is 2.35. The molecule has 0 aliphatic heterocycles. The Morgan fingerprint density at radius 1 is 1.37 bits per heavy atom. The van der Waals surface area contributed by atoms with Crippen LogP contribution in [0, 0.1) is 19.3 Å². The molecule has 1 unspecified atom stereocenters. The standard InChI is InChI=1S/C13H16N2O3S/c1-5-11(3)15(4)13(16)14-19(17,18)12-8-6-10(2)7-9-12/h1,6-9,11H,2-4H3,(H,14,16). The number of amides is 2. The zero-order valence-corrected chi connectivity index (χ0v) is 11.9. The molecule has 0 aliphatic carbocycles. The van der Waals surface area contributed by atoms with Crippen molar-refractivity contribution in [3.8, 4) is 12.3 Å². The van der Waals surface area contributed by atoms with Gasteiger partial charge in [-0.2, -0.15) is 0 Å². The monoisotopic (exact) mass is 280 g/mol. The van der Waals surface area contributed by atoms with Gasteiger partial charge >= 0.3 is 6.03 Å². The van der Waals surface area contributed by atoms with Gasteiger partial charge in [0.05, 0.1) is 10.9 Å². The Balaban J connectivity index is 2.89. The largest absolute Gasteiger partial charge is 0.332 e. The van der Waals surface area contributed by atoms with Crippen LogP contribution in [0.15, 0.2) is 29.2 Å². The minimum atomic E-state index is -3.87. The number of sulfonamides is 1. The summed E-state index contributed by atoms with van der Waals surface area (Å²) >= 11 is 0. The Morgan fingerprint density at radius 2 is 1.89 bits per heavy atom. The van der Waals surface area contributed by atoms with E-state index < -0.39 is 22.1 Å². The van der Waals surface area contributed by atoms with E-state index in [0.29, 0.717) is 0 Å². The second kappa shape index (κ2) is 5.76. The second-order valence-electron chi connectivity index (χ2n) is 4.18. The van der Waals surface area contributed by atoms with E-state index in [1.165, 1.54) is 19.2 Å². The van der Waals surface area contributed by atoms with Gasteiger partial charge in [-0.25, -0.2) is 17.9 Å². The molecule has 0 bridgehead atoms. The van der Waals surface area contributed by atoms with Gasteiger partial charge in [-0.15, -0.1) is 6.42 Å². The van der Waals surface area contributed by atoms with Crippen LogP contribution in [0.4, 0.5) is 4.79 Å². The van der Waals surface area contributed by atoms with Crippen molar-refractivity contribution in [3.63, 3.8) is 0 Å². The molecule has 0 spiro atoms. The lowest BCUT2D eigenvalue weighted by molar-refractivity contribution is 0.209. The number of carbonyl (C=O) groups is 1. The van der Waals surface area contributed by atoms with Gasteiger partial charge < -0.3 is 4.90 Å². The quantitative estimate of drug-likeness (QED) is 0.850. The molecule has 1 atom stereocenters. The van der Waals surface area contributed by atoms with Crippen molar-refractivity contribution in [2.45, 2.75) is 24.8 Å². The van der Waals surface area contributed by atoms with Gasteiger partial charge in [-0.05, 0) is 26.0 Å². The topological polar surface area (TPSA) is 66.5 Å². The van der Waals surface area contributed by atoms with Crippen molar-refractivity contribution in [1.82, 2.24) is 9.62 Å².